The fourth-order valence-corrected chi connectivity index (χ4v) is 6.79. The summed E-state index contributed by atoms with van der Waals surface area (Å²) in [5.41, 5.74) is 0. The Balaban J connectivity index is 2.88. The van der Waals surface area contributed by atoms with E-state index >= 15 is 0 Å². The lowest BCUT2D eigenvalue weighted by Gasteiger charge is -2.18. The lowest BCUT2D eigenvalue weighted by Crippen LogP contribution is -2.38. The van der Waals surface area contributed by atoms with Gasteiger partial charge in [-0.3, -0.25) is 9.35 Å². The second-order valence-electron chi connectivity index (χ2n) is 3.66. The molecule has 17 heavy (non-hydrogen) atoms. The molecule has 0 aliphatic carbocycles. The normalized spacial score (nSPS) is 28.6. The van der Waals surface area contributed by atoms with Gasteiger partial charge in [-0.15, -0.1) is 23.5 Å². The minimum absolute atomic E-state index is 0.0934. The first-order chi connectivity index (χ1) is 7.77. The van der Waals surface area contributed by atoms with E-state index in [-0.39, 0.29) is 9.83 Å². The largest absolute Gasteiger partial charge is 0.293 e. The smallest absolute Gasteiger partial charge is 0.276 e. The summed E-state index contributed by atoms with van der Waals surface area (Å²) < 4.78 is 31.7. The van der Waals surface area contributed by atoms with E-state index in [1.807, 2.05) is 6.92 Å². The van der Waals surface area contributed by atoms with E-state index in [4.69, 9.17) is 4.55 Å². The highest BCUT2D eigenvalue weighted by molar-refractivity contribution is 8.21. The van der Waals surface area contributed by atoms with Gasteiger partial charge in [-0.1, -0.05) is 13.5 Å². The first-order valence-electron chi connectivity index (χ1n) is 4.85. The second kappa shape index (κ2) is 6.01. The van der Waals surface area contributed by atoms with Gasteiger partial charge in [0.2, 0.25) is 0 Å². The topological polar surface area (TPSA) is 71.4 Å². The van der Waals surface area contributed by atoms with Gasteiger partial charge < -0.3 is 0 Å². The van der Waals surface area contributed by atoms with Crippen LogP contribution in [-0.2, 0) is 14.9 Å². The molecular formula is C9H14O4S4. The van der Waals surface area contributed by atoms with Gasteiger partial charge in [-0.25, -0.2) is 0 Å². The van der Waals surface area contributed by atoms with Crippen LogP contribution in [0.1, 0.15) is 6.92 Å². The number of thiol groups is 1. The average Bonchev–Trinajstić information content (AvgIpc) is 2.64. The Hall–Kier alpha value is 0.370. The summed E-state index contributed by atoms with van der Waals surface area (Å²) in [5, 5.41) is -1.76. The molecule has 0 aromatic carbocycles. The minimum atomic E-state index is -4.39. The molecule has 1 saturated heterocycles. The van der Waals surface area contributed by atoms with Crippen LogP contribution in [0.3, 0.4) is 0 Å². The molecule has 0 radical (unpaired) electrons. The molecule has 0 aromatic heterocycles. The molecule has 0 saturated carbocycles. The molecule has 0 aromatic rings. The number of hydrogen-bond acceptors (Lipinski definition) is 6. The number of thioether (sulfide) groups is 2. The first kappa shape index (κ1) is 15.4. The molecule has 4 atom stereocenters. The van der Waals surface area contributed by atoms with Gasteiger partial charge in [0.1, 0.15) is 0 Å². The van der Waals surface area contributed by atoms with Gasteiger partial charge in [0.05, 0.1) is 4.58 Å². The molecule has 0 spiro atoms. The van der Waals surface area contributed by atoms with Gasteiger partial charge >= 0.3 is 0 Å². The van der Waals surface area contributed by atoms with E-state index in [2.05, 4.69) is 19.2 Å². The molecular weight excluding hydrogens is 300 g/mol. The van der Waals surface area contributed by atoms with E-state index in [1.165, 1.54) is 11.8 Å². The van der Waals surface area contributed by atoms with Crippen LogP contribution >= 0.6 is 36.2 Å². The number of hydrogen-bond donors (Lipinski definition) is 2. The van der Waals surface area contributed by atoms with Crippen LogP contribution in [-0.4, -0.2) is 44.8 Å². The Morgan fingerprint density at radius 3 is 2.59 bits per heavy atom. The Labute approximate surface area is 115 Å². The van der Waals surface area contributed by atoms with Crippen molar-refractivity contribution in [1.82, 2.24) is 0 Å². The molecule has 4 unspecified atom stereocenters. The predicted molar refractivity (Wildman–Crippen MR) is 76.6 cm³/mol. The fraction of sp³-hybridized carbons (Fsp3) is 0.667. The van der Waals surface area contributed by atoms with Crippen molar-refractivity contribution in [2.24, 2.45) is 0 Å². The Morgan fingerprint density at radius 2 is 2.24 bits per heavy atom. The zero-order valence-corrected chi connectivity index (χ0v) is 12.5. The van der Waals surface area contributed by atoms with E-state index in [0.29, 0.717) is 5.75 Å². The molecule has 4 nitrogen and oxygen atoms in total. The van der Waals surface area contributed by atoms with Crippen molar-refractivity contribution in [3.05, 3.63) is 12.7 Å². The second-order valence-corrected chi connectivity index (χ2v) is 8.87. The number of allylic oxidation sites excluding steroid dienone is 1. The molecule has 1 aliphatic heterocycles. The average molecular weight is 314 g/mol. The van der Waals surface area contributed by atoms with Crippen LogP contribution in [0.15, 0.2) is 12.7 Å². The summed E-state index contributed by atoms with van der Waals surface area (Å²) in [4.78, 5) is 11.5. The molecule has 1 heterocycles. The van der Waals surface area contributed by atoms with Crippen LogP contribution in [0.4, 0.5) is 0 Å². The first-order valence-corrected chi connectivity index (χ1v) is 8.86. The molecule has 0 amide bonds. The van der Waals surface area contributed by atoms with Crippen molar-refractivity contribution in [3.63, 3.8) is 0 Å². The predicted octanol–water partition coefficient (Wildman–Crippen LogP) is 1.49. The maximum atomic E-state index is 11.5. The van der Waals surface area contributed by atoms with Crippen molar-refractivity contribution >= 4 is 52.1 Å². The van der Waals surface area contributed by atoms with Crippen molar-refractivity contribution in [2.75, 3.05) is 5.75 Å². The van der Waals surface area contributed by atoms with Crippen LogP contribution in [0.5, 0.6) is 0 Å². The van der Waals surface area contributed by atoms with E-state index < -0.39 is 26.4 Å². The van der Waals surface area contributed by atoms with E-state index in [0.717, 1.165) is 6.08 Å². The molecule has 98 valence electrons. The highest BCUT2D eigenvalue weighted by atomic mass is 32.2. The van der Waals surface area contributed by atoms with Crippen molar-refractivity contribution in [1.29, 1.82) is 0 Å². The van der Waals surface area contributed by atoms with Crippen molar-refractivity contribution < 1.29 is 17.8 Å². The molecule has 8 heteroatoms. The van der Waals surface area contributed by atoms with Crippen LogP contribution < -0.4 is 0 Å². The van der Waals surface area contributed by atoms with Crippen LogP contribution in [0, 0.1) is 0 Å². The van der Waals surface area contributed by atoms with Crippen molar-refractivity contribution in [2.45, 2.75) is 27.3 Å². The number of rotatable bonds is 5. The zero-order chi connectivity index (χ0) is 13.2. The molecule has 1 N–H and O–H groups in total. The van der Waals surface area contributed by atoms with Gasteiger partial charge in [-0.05, 0) is 6.08 Å². The Bertz CT molecular complexity index is 403. The summed E-state index contributed by atoms with van der Waals surface area (Å²) in [6.45, 7) is 5.17. The standard InChI is InChI=1S/C9H14O4S4/c1-3-6(10)8(17(11,12)13)7-4-15-9(16-7)5(2)14/h3,5,7-9,14H,1,4H2,2H3,(H,11,12,13). The zero-order valence-electron chi connectivity index (χ0n) is 9.14. The fourth-order valence-electron chi connectivity index (χ4n) is 1.49. The SMILES string of the molecule is C=CC(=O)C(C1CSC(C(C)S)S1)S(=O)(=O)O. The molecule has 1 aliphatic rings. The highest BCUT2D eigenvalue weighted by Gasteiger charge is 2.42. The number of carbonyl (C=O) groups is 1. The Kier molecular flexibility index (Phi) is 5.45. The summed E-state index contributed by atoms with van der Waals surface area (Å²) >= 11 is 7.22. The summed E-state index contributed by atoms with van der Waals surface area (Å²) in [5.74, 6) is -0.150. The van der Waals surface area contributed by atoms with Gasteiger partial charge in [0, 0.05) is 16.3 Å². The number of carbonyl (C=O) groups excluding carboxylic acids is 1. The quantitative estimate of drug-likeness (QED) is 0.455. The summed E-state index contributed by atoms with van der Waals surface area (Å²) in [7, 11) is -4.39. The van der Waals surface area contributed by atoms with Gasteiger partial charge in [-0.2, -0.15) is 21.0 Å². The third kappa shape index (κ3) is 3.92. The highest BCUT2D eigenvalue weighted by Crippen LogP contribution is 2.43. The van der Waals surface area contributed by atoms with Crippen molar-refractivity contribution in [3.8, 4) is 0 Å². The third-order valence-electron chi connectivity index (χ3n) is 2.27. The number of ketones is 1. The lowest BCUT2D eigenvalue weighted by atomic mass is 10.2. The Morgan fingerprint density at radius 1 is 1.65 bits per heavy atom. The van der Waals surface area contributed by atoms with Crippen LogP contribution in [0.25, 0.3) is 0 Å². The monoisotopic (exact) mass is 314 g/mol. The molecule has 1 fully saturated rings. The van der Waals surface area contributed by atoms with Crippen LogP contribution in [0.2, 0.25) is 0 Å². The molecule has 1 rings (SSSR count). The molecule has 0 bridgehead atoms. The third-order valence-corrected chi connectivity index (χ3v) is 8.05. The van der Waals surface area contributed by atoms with E-state index in [1.54, 1.807) is 11.8 Å². The summed E-state index contributed by atoms with van der Waals surface area (Å²) in [6, 6.07) is 0. The summed E-state index contributed by atoms with van der Waals surface area (Å²) in [6.07, 6.45) is 0.946. The maximum Gasteiger partial charge on any atom is 0.276 e. The maximum absolute atomic E-state index is 11.5. The van der Waals surface area contributed by atoms with Gasteiger partial charge in [0.25, 0.3) is 10.1 Å². The minimum Gasteiger partial charge on any atom is -0.293 e. The van der Waals surface area contributed by atoms with Gasteiger partial charge in [0.15, 0.2) is 11.0 Å². The lowest BCUT2D eigenvalue weighted by molar-refractivity contribution is -0.114. The van der Waals surface area contributed by atoms with E-state index in [9.17, 15) is 13.2 Å².